The molecule has 2 radical (unpaired) electrons. The van der Waals surface area contributed by atoms with E-state index in [0.717, 1.165) is 0 Å². The van der Waals surface area contributed by atoms with Crippen molar-refractivity contribution in [3.63, 3.8) is 0 Å². The molecule has 72 valence electrons. The van der Waals surface area contributed by atoms with Gasteiger partial charge in [0.05, 0.1) is 5.30 Å². The van der Waals surface area contributed by atoms with Gasteiger partial charge in [-0.25, -0.2) is 0 Å². The monoisotopic (exact) mass is 308 g/mol. The normalized spacial score (nSPS) is 10.2. The van der Waals surface area contributed by atoms with Crippen LogP contribution in [0, 0.1) is 0 Å². The number of hydrogen-bond donors (Lipinski definition) is 2. The Morgan fingerprint density at radius 2 is 1.54 bits per heavy atom. The van der Waals surface area contributed by atoms with Crippen LogP contribution in [0.25, 0.3) is 0 Å². The van der Waals surface area contributed by atoms with E-state index >= 15 is 0 Å². The van der Waals surface area contributed by atoms with Crippen LogP contribution >= 0.6 is 7.60 Å². The molecule has 0 spiro atoms. The number of benzene rings is 1. The molecule has 2 N–H and O–H groups in total. The van der Waals surface area contributed by atoms with E-state index in [9.17, 15) is 4.57 Å². The van der Waals surface area contributed by atoms with Crippen LogP contribution in [0.3, 0.4) is 0 Å². The van der Waals surface area contributed by atoms with Gasteiger partial charge in [0, 0.05) is 0 Å². The molecular weight excluding hydrogens is 294 g/mol. The molecule has 1 aromatic carbocycles. The second kappa shape index (κ2) is 6.60. The molecule has 0 saturated heterocycles. The van der Waals surface area contributed by atoms with Crippen molar-refractivity contribution in [3.8, 4) is 0 Å². The van der Waals surface area contributed by atoms with E-state index in [2.05, 4.69) is 9.88 Å². The summed E-state index contributed by atoms with van der Waals surface area (Å²) >= 11 is 0.230. The Bertz CT molecular complexity index is 270. The van der Waals surface area contributed by atoms with Crippen molar-refractivity contribution in [1.29, 1.82) is 0 Å². The first-order valence-corrected chi connectivity index (χ1v) is 11.0. The summed E-state index contributed by atoms with van der Waals surface area (Å²) in [6.07, 6.45) is 0. The van der Waals surface area contributed by atoms with Crippen LogP contribution < -0.4 is 5.30 Å². The zero-order valence-electron chi connectivity index (χ0n) is 7.64. The van der Waals surface area contributed by atoms with E-state index in [0.29, 0.717) is 0 Å². The van der Waals surface area contributed by atoms with Gasteiger partial charge in [0.1, 0.15) is 0 Å². The molecule has 1 rings (SSSR count). The fourth-order valence-corrected chi connectivity index (χ4v) is 1.18. The third-order valence-corrected chi connectivity index (χ3v) is 2.06. The summed E-state index contributed by atoms with van der Waals surface area (Å²) in [5.41, 5.74) is 0. The van der Waals surface area contributed by atoms with Crippen LogP contribution in [-0.2, 0) is 4.57 Å². The van der Waals surface area contributed by atoms with Crippen molar-refractivity contribution in [2.75, 3.05) is 0 Å². The Kier molecular flexibility index (Phi) is 6.68. The standard InChI is InChI=1S/C6H7O3P.2CH3.Sn/c7-10(8,9)6-4-2-1-3-5-6;;;/h1-5H,(H2,7,8,9);2*1H3;. The minimum absolute atomic E-state index is 0.0648. The molecule has 0 heterocycles. The molecule has 3 nitrogen and oxygen atoms in total. The summed E-state index contributed by atoms with van der Waals surface area (Å²) in [5, 5.41) is 0.0648. The maximum atomic E-state index is 10.5. The quantitative estimate of drug-likeness (QED) is 0.607. The summed E-state index contributed by atoms with van der Waals surface area (Å²) in [5.74, 6) is 0. The molecule has 0 saturated carbocycles. The fourth-order valence-electron chi connectivity index (χ4n) is 0.622. The van der Waals surface area contributed by atoms with Crippen molar-refractivity contribution < 1.29 is 14.4 Å². The average molecular weight is 307 g/mol. The average Bonchev–Trinajstić information content (AvgIpc) is 2.06. The Labute approximate surface area is 88.6 Å². The second-order valence-corrected chi connectivity index (χ2v) is 6.84. The van der Waals surface area contributed by atoms with Gasteiger partial charge in [-0.05, 0) is 12.1 Å². The number of rotatable bonds is 1. The Morgan fingerprint density at radius 1 is 1.15 bits per heavy atom. The van der Waals surface area contributed by atoms with Gasteiger partial charge in [-0.1, -0.05) is 18.2 Å². The molecule has 0 aliphatic rings. The molecular formula is C8H13O3PSn. The van der Waals surface area contributed by atoms with Gasteiger partial charge < -0.3 is 9.79 Å². The van der Waals surface area contributed by atoms with Gasteiger partial charge in [0.15, 0.2) is 0 Å². The molecule has 1 aromatic rings. The van der Waals surface area contributed by atoms with E-state index in [1.807, 2.05) is 0 Å². The van der Waals surface area contributed by atoms with Crippen LogP contribution in [0.2, 0.25) is 9.88 Å². The van der Waals surface area contributed by atoms with Crippen LogP contribution in [0.1, 0.15) is 0 Å². The van der Waals surface area contributed by atoms with E-state index in [-0.39, 0.29) is 26.4 Å². The summed E-state index contributed by atoms with van der Waals surface area (Å²) < 4.78 is 10.5. The van der Waals surface area contributed by atoms with Crippen LogP contribution in [-0.4, -0.2) is 30.9 Å². The molecule has 5 heteroatoms. The summed E-state index contributed by atoms with van der Waals surface area (Å²) in [7, 11) is -4.02. The third-order valence-electron chi connectivity index (χ3n) is 1.09. The van der Waals surface area contributed by atoms with Crippen LogP contribution in [0.15, 0.2) is 30.3 Å². The van der Waals surface area contributed by atoms with Gasteiger partial charge in [0.2, 0.25) is 0 Å². The molecule has 13 heavy (non-hydrogen) atoms. The summed E-state index contributed by atoms with van der Waals surface area (Å²) in [6.45, 7) is 0. The molecule has 0 aromatic heterocycles. The van der Waals surface area contributed by atoms with E-state index in [4.69, 9.17) is 9.79 Å². The fraction of sp³-hybridized carbons (Fsp3) is 0.250. The minimum atomic E-state index is -4.02. The van der Waals surface area contributed by atoms with Crippen LogP contribution in [0.5, 0.6) is 0 Å². The molecule has 0 amide bonds. The third kappa shape index (κ3) is 6.27. The van der Waals surface area contributed by atoms with Crippen molar-refractivity contribution in [2.45, 2.75) is 9.88 Å². The Morgan fingerprint density at radius 3 is 1.77 bits per heavy atom. The Balaban J connectivity index is 0.000000424. The van der Waals surface area contributed by atoms with Crippen molar-refractivity contribution >= 4 is 34.0 Å². The number of hydrogen-bond acceptors (Lipinski definition) is 1. The zero-order chi connectivity index (χ0) is 10.3. The Hall–Kier alpha value is 0.169. The van der Waals surface area contributed by atoms with Gasteiger partial charge >= 0.3 is 38.6 Å². The van der Waals surface area contributed by atoms with E-state index in [1.54, 1.807) is 18.2 Å². The van der Waals surface area contributed by atoms with Crippen LogP contribution in [0.4, 0.5) is 0 Å². The molecule has 0 atom stereocenters. The maximum absolute atomic E-state index is 10.5. The first-order chi connectivity index (χ1) is 6.02. The van der Waals surface area contributed by atoms with Gasteiger partial charge in [0.25, 0.3) is 0 Å². The summed E-state index contributed by atoms with van der Waals surface area (Å²) in [6, 6.07) is 7.70. The second-order valence-electron chi connectivity index (χ2n) is 2.38. The molecule has 0 fully saturated rings. The molecule has 0 unspecified atom stereocenters. The van der Waals surface area contributed by atoms with Crippen molar-refractivity contribution in [3.05, 3.63) is 30.3 Å². The zero-order valence-corrected chi connectivity index (χ0v) is 11.4. The van der Waals surface area contributed by atoms with Gasteiger partial charge in [-0.15, -0.1) is 0 Å². The first kappa shape index (κ1) is 13.2. The van der Waals surface area contributed by atoms with Gasteiger partial charge in [-0.3, -0.25) is 4.57 Å². The SMILES string of the molecule is O=P(O)(O)c1ccccc1.[CH3][Sn][CH3]. The predicted octanol–water partition coefficient (Wildman–Crippen LogP) is 1.28. The van der Waals surface area contributed by atoms with E-state index < -0.39 is 7.60 Å². The predicted molar refractivity (Wildman–Crippen MR) is 55.6 cm³/mol. The van der Waals surface area contributed by atoms with Crippen molar-refractivity contribution in [2.24, 2.45) is 0 Å². The molecule has 0 bridgehead atoms. The first-order valence-electron chi connectivity index (χ1n) is 3.72. The topological polar surface area (TPSA) is 57.5 Å². The molecule has 0 aliphatic heterocycles. The van der Waals surface area contributed by atoms with Gasteiger partial charge in [-0.2, -0.15) is 0 Å². The molecule has 0 aliphatic carbocycles. The van der Waals surface area contributed by atoms with E-state index in [1.165, 1.54) is 12.1 Å². The van der Waals surface area contributed by atoms with Crippen molar-refractivity contribution in [1.82, 2.24) is 0 Å². The summed E-state index contributed by atoms with van der Waals surface area (Å²) in [4.78, 5) is 21.8.